The molecule has 2 atom stereocenters. The number of anilines is 1. The third kappa shape index (κ3) is 4.04. The maximum absolute atomic E-state index is 13.3. The number of amidine groups is 1. The molecule has 0 radical (unpaired) electrons. The first-order chi connectivity index (χ1) is 12.8. The van der Waals surface area contributed by atoms with E-state index in [9.17, 15) is 12.8 Å². The van der Waals surface area contributed by atoms with Crippen LogP contribution in [0.4, 0.5) is 10.1 Å². The molecule has 1 fully saturated rings. The number of aliphatic imine (C=N–C) groups is 1. The molecule has 0 bridgehead atoms. The molecule has 0 N–H and O–H groups in total. The Kier molecular flexibility index (Phi) is 4.76. The van der Waals surface area contributed by atoms with Crippen LogP contribution in [-0.4, -0.2) is 36.4 Å². The van der Waals surface area contributed by atoms with E-state index in [1.165, 1.54) is 12.1 Å². The van der Waals surface area contributed by atoms with Gasteiger partial charge in [-0.1, -0.05) is 30.0 Å². The summed E-state index contributed by atoms with van der Waals surface area (Å²) in [5, 5.41) is 0.834. The van der Waals surface area contributed by atoms with Crippen molar-refractivity contribution in [2.75, 3.05) is 16.4 Å². The van der Waals surface area contributed by atoms with Gasteiger partial charge in [0, 0.05) is 10.9 Å². The summed E-state index contributed by atoms with van der Waals surface area (Å²) < 4.78 is 37.0. The molecule has 0 aromatic heterocycles. The molecule has 0 aliphatic carbocycles. The summed E-state index contributed by atoms with van der Waals surface area (Å²) in [6.07, 6.45) is 0. The summed E-state index contributed by atoms with van der Waals surface area (Å²) in [6.45, 7) is 4.66. The van der Waals surface area contributed by atoms with Gasteiger partial charge in [-0.25, -0.2) is 12.8 Å². The monoisotopic (exact) mass is 404 g/mol. The van der Waals surface area contributed by atoms with E-state index in [2.05, 4.69) is 36.9 Å². The molecule has 2 aromatic rings. The van der Waals surface area contributed by atoms with Gasteiger partial charge in [-0.3, -0.25) is 4.99 Å². The second-order valence-electron chi connectivity index (χ2n) is 7.27. The summed E-state index contributed by atoms with van der Waals surface area (Å²) in [6, 6.07) is 12.6. The van der Waals surface area contributed by atoms with Crippen LogP contribution in [-0.2, 0) is 16.4 Å². The normalized spacial score (nSPS) is 23.1. The smallest absolute Gasteiger partial charge is 0.164 e. The van der Waals surface area contributed by atoms with E-state index in [1.54, 1.807) is 23.9 Å². The number of rotatable bonds is 3. The van der Waals surface area contributed by atoms with Crippen molar-refractivity contribution in [3.63, 3.8) is 0 Å². The van der Waals surface area contributed by atoms with Gasteiger partial charge in [-0.05, 0) is 54.8 Å². The number of hydrogen-bond acceptors (Lipinski definition) is 5. The topological polar surface area (TPSA) is 49.7 Å². The molecular formula is C20H21FN2O2S2. The third-order valence-electron chi connectivity index (χ3n) is 4.81. The average Bonchev–Trinajstić information content (AvgIpc) is 3.06. The number of aryl methyl sites for hydroxylation is 2. The first-order valence-electron chi connectivity index (χ1n) is 8.84. The van der Waals surface area contributed by atoms with Crippen molar-refractivity contribution in [3.05, 3.63) is 65.0 Å². The molecule has 2 heterocycles. The van der Waals surface area contributed by atoms with Crippen molar-refractivity contribution in [2.45, 2.75) is 31.7 Å². The van der Waals surface area contributed by atoms with E-state index in [4.69, 9.17) is 4.99 Å². The standard InChI is InChI=1S/C20H21FN2O2S2/c1-13-7-14(2)9-17(8-13)23(10-15-3-5-16(21)6-4-15)20-22-18-11-27(24,25)12-19(18)26-20/h3-9,18-19H,10-12H2,1-2H3/t18-,19+/m0/s1. The van der Waals surface area contributed by atoms with Crippen LogP contribution in [0.3, 0.4) is 0 Å². The Morgan fingerprint density at radius 2 is 1.78 bits per heavy atom. The van der Waals surface area contributed by atoms with Gasteiger partial charge in [0.25, 0.3) is 0 Å². The van der Waals surface area contributed by atoms with Crippen LogP contribution in [0.1, 0.15) is 16.7 Å². The number of thioether (sulfide) groups is 1. The van der Waals surface area contributed by atoms with Gasteiger partial charge in [0.2, 0.25) is 0 Å². The molecule has 0 amide bonds. The van der Waals surface area contributed by atoms with Gasteiger partial charge in [0.15, 0.2) is 15.0 Å². The van der Waals surface area contributed by atoms with Crippen LogP contribution in [0.5, 0.6) is 0 Å². The summed E-state index contributed by atoms with van der Waals surface area (Å²) >= 11 is 1.54. The molecule has 4 nitrogen and oxygen atoms in total. The van der Waals surface area contributed by atoms with Crippen LogP contribution in [0, 0.1) is 19.7 Å². The van der Waals surface area contributed by atoms with Gasteiger partial charge in [0.1, 0.15) is 5.82 Å². The van der Waals surface area contributed by atoms with Crippen molar-refractivity contribution >= 4 is 32.5 Å². The van der Waals surface area contributed by atoms with E-state index in [0.717, 1.165) is 27.5 Å². The van der Waals surface area contributed by atoms with Crippen LogP contribution < -0.4 is 4.90 Å². The fourth-order valence-corrected chi connectivity index (χ4v) is 7.40. The zero-order chi connectivity index (χ0) is 19.2. The predicted octanol–water partition coefficient (Wildman–Crippen LogP) is 3.72. The minimum atomic E-state index is -2.98. The lowest BCUT2D eigenvalue weighted by molar-refractivity contribution is 0.601. The van der Waals surface area contributed by atoms with Gasteiger partial charge in [0.05, 0.1) is 24.1 Å². The second kappa shape index (κ2) is 6.95. The highest BCUT2D eigenvalue weighted by Crippen LogP contribution is 2.37. The number of nitrogens with zero attached hydrogens (tertiary/aromatic N) is 2. The van der Waals surface area contributed by atoms with Gasteiger partial charge in [-0.15, -0.1) is 0 Å². The lowest BCUT2D eigenvalue weighted by Crippen LogP contribution is -2.28. The van der Waals surface area contributed by atoms with Crippen molar-refractivity contribution < 1.29 is 12.8 Å². The van der Waals surface area contributed by atoms with Crippen LogP contribution in [0.15, 0.2) is 47.5 Å². The van der Waals surface area contributed by atoms with Crippen molar-refractivity contribution in [2.24, 2.45) is 4.99 Å². The first-order valence-corrected chi connectivity index (χ1v) is 11.5. The molecule has 0 spiro atoms. The Morgan fingerprint density at radius 1 is 1.11 bits per heavy atom. The van der Waals surface area contributed by atoms with Crippen molar-refractivity contribution in [1.82, 2.24) is 0 Å². The Morgan fingerprint density at radius 3 is 2.41 bits per heavy atom. The van der Waals surface area contributed by atoms with Crippen molar-refractivity contribution in [1.29, 1.82) is 0 Å². The summed E-state index contributed by atoms with van der Waals surface area (Å²) in [4.78, 5) is 6.86. The minimum absolute atomic E-state index is 0.00776. The Balaban J connectivity index is 1.69. The molecular weight excluding hydrogens is 383 g/mol. The highest BCUT2D eigenvalue weighted by atomic mass is 32.2. The average molecular weight is 405 g/mol. The lowest BCUT2D eigenvalue weighted by Gasteiger charge is -2.25. The van der Waals surface area contributed by atoms with Crippen LogP contribution in [0.25, 0.3) is 0 Å². The van der Waals surface area contributed by atoms with E-state index >= 15 is 0 Å². The van der Waals surface area contributed by atoms with Crippen LogP contribution >= 0.6 is 11.8 Å². The Hall–Kier alpha value is -1.86. The molecule has 0 unspecified atom stereocenters. The summed E-state index contributed by atoms with van der Waals surface area (Å²) in [5.74, 6) is 0.0573. The molecule has 7 heteroatoms. The Labute approximate surface area is 163 Å². The fourth-order valence-electron chi connectivity index (χ4n) is 3.62. The zero-order valence-electron chi connectivity index (χ0n) is 15.2. The summed E-state index contributed by atoms with van der Waals surface area (Å²) in [7, 11) is -2.98. The maximum Gasteiger partial charge on any atom is 0.164 e. The largest absolute Gasteiger partial charge is 0.317 e. The SMILES string of the molecule is Cc1cc(C)cc(N(Cc2ccc(F)cc2)C2=N[C@H]3CS(=O)(=O)C[C@H]3S2)c1. The fraction of sp³-hybridized carbons (Fsp3) is 0.350. The number of hydrogen-bond donors (Lipinski definition) is 0. The molecule has 0 saturated carbocycles. The molecule has 2 aliphatic heterocycles. The molecule has 27 heavy (non-hydrogen) atoms. The molecule has 2 aliphatic rings. The number of fused-ring (bicyclic) bond motifs is 1. The molecule has 2 aromatic carbocycles. The first kappa shape index (κ1) is 18.5. The van der Waals surface area contributed by atoms with Gasteiger partial charge >= 0.3 is 0 Å². The summed E-state index contributed by atoms with van der Waals surface area (Å²) in [5.41, 5.74) is 4.30. The number of sulfone groups is 1. The third-order valence-corrected chi connectivity index (χ3v) is 8.06. The maximum atomic E-state index is 13.3. The van der Waals surface area contributed by atoms with E-state index in [1.807, 2.05) is 0 Å². The van der Waals surface area contributed by atoms with E-state index in [-0.39, 0.29) is 28.6 Å². The zero-order valence-corrected chi connectivity index (χ0v) is 16.9. The Bertz CT molecular complexity index is 983. The number of benzene rings is 2. The molecule has 142 valence electrons. The van der Waals surface area contributed by atoms with Crippen molar-refractivity contribution in [3.8, 4) is 0 Å². The van der Waals surface area contributed by atoms with Gasteiger partial charge in [-0.2, -0.15) is 0 Å². The van der Waals surface area contributed by atoms with E-state index in [0.29, 0.717) is 6.54 Å². The lowest BCUT2D eigenvalue weighted by atomic mass is 10.1. The van der Waals surface area contributed by atoms with Gasteiger partial charge < -0.3 is 4.90 Å². The number of halogens is 1. The highest BCUT2D eigenvalue weighted by Gasteiger charge is 2.44. The quantitative estimate of drug-likeness (QED) is 0.782. The molecule has 1 saturated heterocycles. The molecule has 4 rings (SSSR count). The van der Waals surface area contributed by atoms with Crippen LogP contribution in [0.2, 0.25) is 0 Å². The second-order valence-corrected chi connectivity index (χ2v) is 10.6. The minimum Gasteiger partial charge on any atom is -0.317 e. The highest BCUT2D eigenvalue weighted by molar-refractivity contribution is 8.15. The predicted molar refractivity (Wildman–Crippen MR) is 110 cm³/mol. The van der Waals surface area contributed by atoms with E-state index < -0.39 is 9.84 Å².